The van der Waals surface area contributed by atoms with Gasteiger partial charge in [0, 0.05) is 18.8 Å². The van der Waals surface area contributed by atoms with Gasteiger partial charge in [-0.25, -0.2) is 4.98 Å². The number of nitrogens with one attached hydrogen (secondary N) is 1. The Bertz CT molecular complexity index is 391. The topological polar surface area (TPSA) is 68.1 Å². The minimum absolute atomic E-state index is 0.0468. The zero-order chi connectivity index (χ0) is 11.5. The van der Waals surface area contributed by atoms with E-state index in [1.807, 2.05) is 0 Å². The van der Waals surface area contributed by atoms with E-state index in [2.05, 4.69) is 17.2 Å². The lowest BCUT2D eigenvalue weighted by atomic mass is 10.1. The van der Waals surface area contributed by atoms with Crippen molar-refractivity contribution in [2.24, 2.45) is 11.8 Å². The van der Waals surface area contributed by atoms with Crippen molar-refractivity contribution in [3.05, 3.63) is 28.4 Å². The molecule has 0 radical (unpaired) electrons. The highest BCUT2D eigenvalue weighted by Gasteiger charge is 2.28. The fourth-order valence-electron chi connectivity index (χ4n) is 1.77. The molecule has 1 fully saturated rings. The van der Waals surface area contributed by atoms with Crippen LogP contribution in [0.2, 0.25) is 0 Å². The van der Waals surface area contributed by atoms with Crippen molar-refractivity contribution in [1.29, 1.82) is 0 Å². The van der Waals surface area contributed by atoms with Gasteiger partial charge in [0.1, 0.15) is 0 Å². The van der Waals surface area contributed by atoms with E-state index >= 15 is 0 Å². The molecule has 1 saturated carbocycles. The summed E-state index contributed by atoms with van der Waals surface area (Å²) in [6.07, 6.45) is 4.14. The van der Waals surface area contributed by atoms with Crippen LogP contribution in [-0.4, -0.2) is 16.5 Å². The van der Waals surface area contributed by atoms with E-state index in [0.717, 1.165) is 12.5 Å². The van der Waals surface area contributed by atoms with Gasteiger partial charge < -0.3 is 5.32 Å². The van der Waals surface area contributed by atoms with Crippen molar-refractivity contribution in [2.75, 3.05) is 11.9 Å². The summed E-state index contributed by atoms with van der Waals surface area (Å²) in [4.78, 5) is 14.3. The fourth-order valence-corrected chi connectivity index (χ4v) is 1.77. The van der Waals surface area contributed by atoms with Crippen LogP contribution in [0, 0.1) is 22.0 Å². The molecule has 1 atom stereocenters. The first-order valence-corrected chi connectivity index (χ1v) is 5.51. The van der Waals surface area contributed by atoms with Gasteiger partial charge in [0.25, 0.3) is 0 Å². The highest BCUT2D eigenvalue weighted by molar-refractivity contribution is 5.55. The monoisotopic (exact) mass is 221 g/mol. The summed E-state index contributed by atoms with van der Waals surface area (Å²) in [7, 11) is 0. The molecule has 0 saturated heterocycles. The van der Waals surface area contributed by atoms with E-state index in [0.29, 0.717) is 11.7 Å². The van der Waals surface area contributed by atoms with E-state index < -0.39 is 4.92 Å². The molecule has 1 aromatic rings. The molecule has 1 aromatic heterocycles. The third-order valence-corrected chi connectivity index (χ3v) is 3.00. The van der Waals surface area contributed by atoms with Gasteiger partial charge in [0.15, 0.2) is 0 Å². The Balaban J connectivity index is 1.99. The van der Waals surface area contributed by atoms with Crippen LogP contribution in [0.5, 0.6) is 0 Å². The molecule has 0 spiro atoms. The van der Waals surface area contributed by atoms with Gasteiger partial charge >= 0.3 is 5.69 Å². The summed E-state index contributed by atoms with van der Waals surface area (Å²) >= 11 is 0. The Hall–Kier alpha value is -1.65. The number of hydrogen-bond acceptors (Lipinski definition) is 4. The Morgan fingerprint density at radius 1 is 1.69 bits per heavy atom. The molecular weight excluding hydrogens is 206 g/mol. The fraction of sp³-hybridized carbons (Fsp3) is 0.545. The van der Waals surface area contributed by atoms with Crippen LogP contribution in [0.4, 0.5) is 11.5 Å². The van der Waals surface area contributed by atoms with E-state index in [1.165, 1.54) is 18.9 Å². The highest BCUT2D eigenvalue weighted by atomic mass is 16.6. The third kappa shape index (κ3) is 2.48. The predicted octanol–water partition coefficient (Wildman–Crippen LogP) is 2.45. The van der Waals surface area contributed by atoms with Crippen LogP contribution < -0.4 is 5.32 Å². The first-order valence-electron chi connectivity index (χ1n) is 5.51. The number of pyridine rings is 1. The smallest absolute Gasteiger partial charge is 0.311 e. The predicted molar refractivity (Wildman–Crippen MR) is 61.3 cm³/mol. The van der Waals surface area contributed by atoms with Gasteiger partial charge in [-0.3, -0.25) is 10.1 Å². The van der Waals surface area contributed by atoms with E-state index in [1.54, 1.807) is 12.3 Å². The maximum absolute atomic E-state index is 10.7. The number of hydrogen-bond donors (Lipinski definition) is 1. The molecule has 0 aromatic carbocycles. The van der Waals surface area contributed by atoms with Crippen molar-refractivity contribution in [1.82, 2.24) is 4.98 Å². The molecule has 0 amide bonds. The summed E-state index contributed by atoms with van der Waals surface area (Å²) in [6, 6.07) is 3.05. The molecule has 5 nitrogen and oxygen atoms in total. The first-order chi connectivity index (χ1) is 7.68. The zero-order valence-electron chi connectivity index (χ0n) is 9.22. The largest absolute Gasteiger partial charge is 0.364 e. The van der Waals surface area contributed by atoms with Gasteiger partial charge in [-0.15, -0.1) is 0 Å². The van der Waals surface area contributed by atoms with Gasteiger partial charge in [-0.2, -0.15) is 0 Å². The number of aromatic nitrogens is 1. The van der Waals surface area contributed by atoms with Gasteiger partial charge in [-0.1, -0.05) is 6.92 Å². The maximum atomic E-state index is 10.7. The summed E-state index contributed by atoms with van der Waals surface area (Å²) in [5.41, 5.74) is 0.0468. The summed E-state index contributed by atoms with van der Waals surface area (Å²) in [5.74, 6) is 1.72. The molecule has 1 unspecified atom stereocenters. The van der Waals surface area contributed by atoms with E-state index in [-0.39, 0.29) is 5.69 Å². The maximum Gasteiger partial charge on any atom is 0.311 e. The summed E-state index contributed by atoms with van der Waals surface area (Å²) in [5, 5.41) is 13.8. The number of rotatable bonds is 5. The van der Waals surface area contributed by atoms with Gasteiger partial charge in [0.2, 0.25) is 5.82 Å². The van der Waals surface area contributed by atoms with Crippen LogP contribution in [0.3, 0.4) is 0 Å². The summed E-state index contributed by atoms with van der Waals surface area (Å²) < 4.78 is 0. The van der Waals surface area contributed by atoms with Crippen molar-refractivity contribution in [2.45, 2.75) is 19.8 Å². The lowest BCUT2D eigenvalue weighted by Crippen LogP contribution is -2.14. The van der Waals surface area contributed by atoms with Gasteiger partial charge in [0.05, 0.1) is 4.92 Å². The Kier molecular flexibility index (Phi) is 3.03. The normalized spacial score (nSPS) is 16.8. The Labute approximate surface area is 94.0 Å². The molecule has 5 heteroatoms. The second kappa shape index (κ2) is 4.47. The molecule has 1 aliphatic carbocycles. The van der Waals surface area contributed by atoms with Crippen LogP contribution in [0.15, 0.2) is 18.3 Å². The Morgan fingerprint density at radius 3 is 3.06 bits per heavy atom. The molecule has 0 aliphatic heterocycles. The molecule has 2 rings (SSSR count). The second-order valence-electron chi connectivity index (χ2n) is 4.32. The molecule has 1 N–H and O–H groups in total. The number of nitrogens with zero attached hydrogens (tertiary/aromatic N) is 2. The molecule has 86 valence electrons. The van der Waals surface area contributed by atoms with Crippen LogP contribution >= 0.6 is 0 Å². The molecule has 1 aliphatic rings. The minimum Gasteiger partial charge on any atom is -0.364 e. The van der Waals surface area contributed by atoms with Crippen molar-refractivity contribution < 1.29 is 4.92 Å². The second-order valence-corrected chi connectivity index (χ2v) is 4.32. The average molecular weight is 221 g/mol. The quantitative estimate of drug-likeness (QED) is 0.612. The van der Waals surface area contributed by atoms with Crippen molar-refractivity contribution in [3.8, 4) is 0 Å². The van der Waals surface area contributed by atoms with Crippen molar-refractivity contribution in [3.63, 3.8) is 0 Å². The lowest BCUT2D eigenvalue weighted by Gasteiger charge is -2.11. The van der Waals surface area contributed by atoms with Crippen LogP contribution in [0.25, 0.3) is 0 Å². The summed E-state index contributed by atoms with van der Waals surface area (Å²) in [6.45, 7) is 2.92. The number of nitro groups is 1. The van der Waals surface area contributed by atoms with Crippen molar-refractivity contribution >= 4 is 11.5 Å². The lowest BCUT2D eigenvalue weighted by molar-refractivity contribution is -0.384. The number of anilines is 1. The SMILES string of the molecule is CC(CNc1ncccc1[N+](=O)[O-])C1CC1. The zero-order valence-corrected chi connectivity index (χ0v) is 9.22. The molecule has 16 heavy (non-hydrogen) atoms. The van der Waals surface area contributed by atoms with E-state index in [9.17, 15) is 10.1 Å². The van der Waals surface area contributed by atoms with Gasteiger partial charge in [-0.05, 0) is 30.7 Å². The molecule has 0 bridgehead atoms. The third-order valence-electron chi connectivity index (χ3n) is 3.00. The standard InChI is InChI=1S/C11H15N3O2/c1-8(9-4-5-9)7-13-11-10(14(15)16)3-2-6-12-11/h2-3,6,8-9H,4-5,7H2,1H3,(H,12,13). The van der Waals surface area contributed by atoms with Crippen LogP contribution in [0.1, 0.15) is 19.8 Å². The molecular formula is C11H15N3O2. The minimum atomic E-state index is -0.406. The Morgan fingerprint density at radius 2 is 2.44 bits per heavy atom. The van der Waals surface area contributed by atoms with E-state index in [4.69, 9.17) is 0 Å². The molecule has 1 heterocycles. The first kappa shape index (κ1) is 10.9. The average Bonchev–Trinajstić information content (AvgIpc) is 3.10. The highest BCUT2D eigenvalue weighted by Crippen LogP contribution is 2.36. The van der Waals surface area contributed by atoms with Crippen LogP contribution in [-0.2, 0) is 0 Å².